The number of piperidine rings is 1. The molecule has 0 bridgehead atoms. The quantitative estimate of drug-likeness (QED) is 0.501. The standard InChI is InChI=1S/C26H40N6O2S/c1-5-23-18-31(26-20(3)15-22(16-28-26)29-35(4,33)34)12-13-32(23)24-8-10-30(11-9-24)17-21-7-6-19(2)14-25(21)27/h6-7,14-16,23-24,29H,5,8-13,17-18,27H2,1-4H3/p+1. The molecule has 1 aromatic carbocycles. The molecule has 2 aliphatic rings. The van der Waals surface area contributed by atoms with Gasteiger partial charge in [-0.1, -0.05) is 19.1 Å². The van der Waals surface area contributed by atoms with Crippen LogP contribution in [0, 0.1) is 13.8 Å². The smallest absolute Gasteiger partial charge is 0.229 e. The first-order chi connectivity index (χ1) is 16.6. The number of anilines is 3. The lowest BCUT2D eigenvalue weighted by atomic mass is 9.97. The third kappa shape index (κ3) is 6.45. The molecule has 0 aliphatic carbocycles. The van der Waals surface area contributed by atoms with E-state index in [1.54, 1.807) is 11.1 Å². The van der Waals surface area contributed by atoms with Gasteiger partial charge < -0.3 is 15.5 Å². The van der Waals surface area contributed by atoms with Crippen molar-refractivity contribution in [2.45, 2.75) is 58.7 Å². The van der Waals surface area contributed by atoms with Crippen LogP contribution in [-0.2, 0) is 16.6 Å². The van der Waals surface area contributed by atoms with Crippen LogP contribution in [0.1, 0.15) is 42.9 Å². The third-order valence-corrected chi connectivity index (χ3v) is 8.20. The zero-order chi connectivity index (χ0) is 25.2. The zero-order valence-electron chi connectivity index (χ0n) is 21.5. The van der Waals surface area contributed by atoms with Crippen molar-refractivity contribution in [3.8, 4) is 0 Å². The maximum atomic E-state index is 11.5. The fourth-order valence-corrected chi connectivity index (χ4v) is 6.33. The number of piperazine rings is 1. The van der Waals surface area contributed by atoms with Gasteiger partial charge in [-0.3, -0.25) is 9.62 Å². The Labute approximate surface area is 210 Å². The molecule has 0 amide bonds. The molecular formula is C26H41N6O2S+. The molecule has 2 aliphatic heterocycles. The van der Waals surface area contributed by atoms with Gasteiger partial charge in [-0.25, -0.2) is 13.4 Å². The molecule has 9 heteroatoms. The average molecular weight is 502 g/mol. The number of aromatic nitrogens is 1. The van der Waals surface area contributed by atoms with E-state index in [4.69, 9.17) is 5.73 Å². The summed E-state index contributed by atoms with van der Waals surface area (Å²) >= 11 is 0. The minimum atomic E-state index is -3.31. The van der Waals surface area contributed by atoms with Gasteiger partial charge in [-0.2, -0.15) is 0 Å². The van der Waals surface area contributed by atoms with E-state index >= 15 is 0 Å². The number of nitrogens with one attached hydrogen (secondary N) is 2. The average Bonchev–Trinajstić information content (AvgIpc) is 2.80. The van der Waals surface area contributed by atoms with Gasteiger partial charge >= 0.3 is 0 Å². The predicted molar refractivity (Wildman–Crippen MR) is 143 cm³/mol. The molecule has 0 saturated carbocycles. The van der Waals surface area contributed by atoms with Crippen LogP contribution in [0.4, 0.5) is 17.2 Å². The molecule has 35 heavy (non-hydrogen) atoms. The molecular weight excluding hydrogens is 460 g/mol. The molecule has 2 unspecified atom stereocenters. The SMILES string of the molecule is CCC1CN(c2ncc(NS(C)(=O)=O)cc2C)CC[NH+]1C1CCN(Cc2ccc(C)cc2N)CC1. The fourth-order valence-electron chi connectivity index (χ4n) is 5.79. The number of hydrogen-bond donors (Lipinski definition) is 3. The summed E-state index contributed by atoms with van der Waals surface area (Å²) in [4.78, 5) is 11.3. The van der Waals surface area contributed by atoms with Crippen LogP contribution in [0.3, 0.4) is 0 Å². The summed E-state index contributed by atoms with van der Waals surface area (Å²) in [6, 6.07) is 9.55. The van der Waals surface area contributed by atoms with Crippen LogP contribution in [0.25, 0.3) is 0 Å². The summed E-state index contributed by atoms with van der Waals surface area (Å²) in [5, 5.41) is 0. The summed E-state index contributed by atoms with van der Waals surface area (Å²) in [5.74, 6) is 0.965. The van der Waals surface area contributed by atoms with Crippen molar-refractivity contribution in [2.24, 2.45) is 0 Å². The monoisotopic (exact) mass is 501 g/mol. The van der Waals surface area contributed by atoms with Crippen molar-refractivity contribution in [1.29, 1.82) is 0 Å². The molecule has 0 radical (unpaired) electrons. The van der Waals surface area contributed by atoms with Crippen molar-refractivity contribution in [3.63, 3.8) is 0 Å². The Balaban J connectivity index is 1.34. The summed E-state index contributed by atoms with van der Waals surface area (Å²) in [6.07, 6.45) is 6.37. The van der Waals surface area contributed by atoms with Gasteiger partial charge in [-0.05, 0) is 49.1 Å². The first kappa shape index (κ1) is 25.7. The van der Waals surface area contributed by atoms with Crippen LogP contribution < -0.4 is 20.3 Å². The maximum absolute atomic E-state index is 11.5. The maximum Gasteiger partial charge on any atom is 0.229 e. The highest BCUT2D eigenvalue weighted by atomic mass is 32.2. The predicted octanol–water partition coefficient (Wildman–Crippen LogP) is 1.80. The van der Waals surface area contributed by atoms with Gasteiger partial charge in [0, 0.05) is 38.2 Å². The number of sulfonamides is 1. The lowest BCUT2D eigenvalue weighted by Crippen LogP contribution is -3.22. The van der Waals surface area contributed by atoms with Gasteiger partial charge in [-0.15, -0.1) is 0 Å². The summed E-state index contributed by atoms with van der Waals surface area (Å²) in [5.41, 5.74) is 11.1. The number of pyridine rings is 1. The van der Waals surface area contributed by atoms with E-state index in [9.17, 15) is 8.42 Å². The zero-order valence-corrected chi connectivity index (χ0v) is 22.4. The van der Waals surface area contributed by atoms with Crippen LogP contribution in [0.2, 0.25) is 0 Å². The van der Waals surface area contributed by atoms with Crippen molar-refractivity contribution in [1.82, 2.24) is 9.88 Å². The van der Waals surface area contributed by atoms with Crippen LogP contribution >= 0.6 is 0 Å². The van der Waals surface area contributed by atoms with E-state index < -0.39 is 10.0 Å². The van der Waals surface area contributed by atoms with Crippen molar-refractivity contribution >= 4 is 27.2 Å². The summed E-state index contributed by atoms with van der Waals surface area (Å²) in [6.45, 7) is 12.6. The third-order valence-electron chi connectivity index (χ3n) is 7.59. The van der Waals surface area contributed by atoms with Gasteiger partial charge in [0.1, 0.15) is 11.9 Å². The molecule has 4 rings (SSSR count). The highest BCUT2D eigenvalue weighted by Gasteiger charge is 2.37. The molecule has 3 heterocycles. The second-order valence-electron chi connectivity index (χ2n) is 10.4. The molecule has 4 N–H and O–H groups in total. The van der Waals surface area contributed by atoms with Gasteiger partial charge in [0.2, 0.25) is 10.0 Å². The Bertz CT molecular complexity index is 1130. The first-order valence-electron chi connectivity index (χ1n) is 12.7. The molecule has 1 aromatic heterocycles. The van der Waals surface area contributed by atoms with Crippen LogP contribution in [-0.4, -0.2) is 69.4 Å². The highest BCUT2D eigenvalue weighted by Crippen LogP contribution is 2.23. The normalized spacial score (nSPS) is 22.3. The fraction of sp³-hybridized carbons (Fsp3) is 0.577. The largest absolute Gasteiger partial charge is 0.398 e. The lowest BCUT2D eigenvalue weighted by Gasteiger charge is -2.45. The highest BCUT2D eigenvalue weighted by molar-refractivity contribution is 7.92. The Morgan fingerprint density at radius 3 is 2.54 bits per heavy atom. The Kier molecular flexibility index (Phi) is 7.88. The van der Waals surface area contributed by atoms with E-state index in [1.165, 1.54) is 24.0 Å². The molecule has 2 fully saturated rings. The van der Waals surface area contributed by atoms with E-state index in [-0.39, 0.29) is 0 Å². The Morgan fingerprint density at radius 1 is 1.17 bits per heavy atom. The number of hydrogen-bond acceptors (Lipinski definition) is 6. The van der Waals surface area contributed by atoms with E-state index in [1.807, 2.05) is 13.0 Å². The first-order valence-corrected chi connectivity index (χ1v) is 14.6. The number of likely N-dealkylation sites (tertiary alicyclic amines) is 1. The molecule has 2 aromatic rings. The minimum absolute atomic E-state index is 0.518. The summed E-state index contributed by atoms with van der Waals surface area (Å²) in [7, 11) is -3.31. The number of aryl methyl sites for hydroxylation is 2. The number of benzene rings is 1. The van der Waals surface area contributed by atoms with Crippen molar-refractivity contribution in [3.05, 3.63) is 47.2 Å². The molecule has 2 atom stereocenters. The molecule has 192 valence electrons. The Hall–Kier alpha value is -2.36. The molecule has 2 saturated heterocycles. The molecule has 0 spiro atoms. The topological polar surface area (TPSA) is 96.0 Å². The van der Waals surface area contributed by atoms with E-state index in [0.717, 1.165) is 69.0 Å². The van der Waals surface area contributed by atoms with Crippen molar-refractivity contribution < 1.29 is 13.3 Å². The van der Waals surface area contributed by atoms with Gasteiger partial charge in [0.05, 0.1) is 43.8 Å². The van der Waals surface area contributed by atoms with Gasteiger partial charge in [0.25, 0.3) is 0 Å². The number of quaternary nitrogens is 1. The second-order valence-corrected chi connectivity index (χ2v) is 12.1. The number of nitrogens with two attached hydrogens (primary N) is 1. The van der Waals surface area contributed by atoms with Crippen LogP contribution in [0.15, 0.2) is 30.5 Å². The number of nitrogens with zero attached hydrogens (tertiary/aromatic N) is 3. The van der Waals surface area contributed by atoms with E-state index in [0.29, 0.717) is 17.8 Å². The lowest BCUT2D eigenvalue weighted by molar-refractivity contribution is -0.951. The van der Waals surface area contributed by atoms with Crippen LogP contribution in [0.5, 0.6) is 0 Å². The summed E-state index contributed by atoms with van der Waals surface area (Å²) < 4.78 is 25.6. The van der Waals surface area contributed by atoms with Gasteiger partial charge in [0.15, 0.2) is 0 Å². The number of nitrogen functional groups attached to an aromatic ring is 1. The number of rotatable bonds is 7. The molecule has 8 nitrogen and oxygen atoms in total. The van der Waals surface area contributed by atoms with E-state index in [2.05, 4.69) is 51.6 Å². The Morgan fingerprint density at radius 2 is 1.91 bits per heavy atom. The van der Waals surface area contributed by atoms with Crippen molar-refractivity contribution in [2.75, 3.05) is 54.3 Å². The minimum Gasteiger partial charge on any atom is -0.398 e. The second kappa shape index (κ2) is 10.7.